The Morgan fingerprint density at radius 1 is 1.50 bits per heavy atom. The Morgan fingerprint density at radius 3 is 3.00 bits per heavy atom. The van der Waals surface area contributed by atoms with Crippen molar-refractivity contribution in [1.29, 1.82) is 0 Å². The zero-order chi connectivity index (χ0) is 9.80. The van der Waals surface area contributed by atoms with Crippen LogP contribution in [0.5, 0.6) is 0 Å². The molecule has 0 saturated carbocycles. The predicted molar refractivity (Wildman–Crippen MR) is 64.0 cm³/mol. The van der Waals surface area contributed by atoms with Crippen molar-refractivity contribution in [2.45, 2.75) is 18.2 Å². The van der Waals surface area contributed by atoms with Gasteiger partial charge in [-0.2, -0.15) is 11.8 Å². The highest BCUT2D eigenvalue weighted by atomic mass is 35.5. The van der Waals surface area contributed by atoms with E-state index in [4.69, 9.17) is 11.6 Å². The number of benzene rings is 1. The molecule has 0 aromatic heterocycles. The van der Waals surface area contributed by atoms with E-state index >= 15 is 0 Å². The lowest BCUT2D eigenvalue weighted by Gasteiger charge is -2.27. The van der Waals surface area contributed by atoms with Crippen LogP contribution in [0.25, 0.3) is 0 Å². The first kappa shape index (κ1) is 10.3. The second-order valence-corrected chi connectivity index (χ2v) is 5.05. The van der Waals surface area contributed by atoms with Gasteiger partial charge >= 0.3 is 0 Å². The van der Waals surface area contributed by atoms with Crippen molar-refractivity contribution < 1.29 is 0 Å². The summed E-state index contributed by atoms with van der Waals surface area (Å²) in [7, 11) is 0. The van der Waals surface area contributed by atoms with Gasteiger partial charge in [0.25, 0.3) is 0 Å². The molecule has 1 aromatic carbocycles. The first-order chi connectivity index (χ1) is 6.84. The lowest BCUT2D eigenvalue weighted by Crippen LogP contribution is -2.44. The minimum atomic E-state index is 0.749. The summed E-state index contributed by atoms with van der Waals surface area (Å²) in [4.78, 5) is 0. The van der Waals surface area contributed by atoms with Crippen molar-refractivity contribution >= 4 is 23.4 Å². The fourth-order valence-electron chi connectivity index (χ4n) is 1.44. The summed E-state index contributed by atoms with van der Waals surface area (Å²) < 4.78 is 0. The van der Waals surface area contributed by atoms with E-state index in [2.05, 4.69) is 11.4 Å². The molecule has 1 atom stereocenters. The Balaban J connectivity index is 1.74. The van der Waals surface area contributed by atoms with Gasteiger partial charge in [0.05, 0.1) is 0 Å². The molecule has 1 aliphatic heterocycles. The molecule has 14 heavy (non-hydrogen) atoms. The number of hydrogen-bond donors (Lipinski definition) is 1. The number of nitrogens with one attached hydrogen (secondary N) is 1. The third-order valence-electron chi connectivity index (χ3n) is 2.40. The smallest absolute Gasteiger partial charge is 0.0409 e. The summed E-state index contributed by atoms with van der Waals surface area (Å²) in [5.41, 5.74) is 1.32. The van der Waals surface area contributed by atoms with Crippen molar-refractivity contribution in [3.05, 3.63) is 34.9 Å². The summed E-state index contributed by atoms with van der Waals surface area (Å²) in [6.07, 6.45) is 1.34. The van der Waals surface area contributed by atoms with Gasteiger partial charge in [-0.1, -0.05) is 23.7 Å². The van der Waals surface area contributed by atoms with E-state index in [9.17, 15) is 0 Å². The molecule has 0 spiro atoms. The molecule has 1 nitrogen and oxygen atoms in total. The minimum absolute atomic E-state index is 0.749. The first-order valence-electron chi connectivity index (χ1n) is 4.90. The van der Waals surface area contributed by atoms with Gasteiger partial charge < -0.3 is 5.32 Å². The summed E-state index contributed by atoms with van der Waals surface area (Å²) in [6.45, 7) is 1.20. The molecule has 0 aliphatic carbocycles. The minimum Gasteiger partial charge on any atom is -0.313 e. The van der Waals surface area contributed by atoms with E-state index in [0.29, 0.717) is 0 Å². The van der Waals surface area contributed by atoms with Crippen molar-refractivity contribution in [2.24, 2.45) is 0 Å². The third kappa shape index (κ3) is 2.91. The largest absolute Gasteiger partial charge is 0.313 e. The van der Waals surface area contributed by atoms with Crippen molar-refractivity contribution in [3.8, 4) is 0 Å². The molecular formula is C11H14ClNS. The number of thioether (sulfide) groups is 1. The Bertz CT molecular complexity index is 299. The third-order valence-corrected chi connectivity index (χ3v) is 3.81. The Labute approximate surface area is 94.2 Å². The first-order valence-corrected chi connectivity index (χ1v) is 6.43. The van der Waals surface area contributed by atoms with Crippen LogP contribution in [0.4, 0.5) is 0 Å². The van der Waals surface area contributed by atoms with Crippen molar-refractivity contribution in [2.75, 3.05) is 12.3 Å². The van der Waals surface area contributed by atoms with Crippen LogP contribution >= 0.6 is 23.4 Å². The number of rotatable bonds is 4. The molecule has 1 unspecified atom stereocenters. The highest BCUT2D eigenvalue weighted by Gasteiger charge is 2.15. The van der Waals surface area contributed by atoms with Crippen LogP contribution in [0, 0.1) is 0 Å². The lowest BCUT2D eigenvalue weighted by atomic mass is 10.1. The number of halogens is 1. The van der Waals surface area contributed by atoms with Crippen LogP contribution in [0.3, 0.4) is 0 Å². The summed E-state index contributed by atoms with van der Waals surface area (Å²) in [6, 6.07) is 8.86. The molecule has 76 valence electrons. The fourth-order valence-corrected chi connectivity index (χ4v) is 2.75. The quantitative estimate of drug-likeness (QED) is 0.849. The molecule has 3 heteroatoms. The standard InChI is InChI=1S/C11H14ClNS/c12-10-3-1-2-9(6-10)7-14-8-11-4-5-13-11/h1-3,6,11,13H,4-5,7-8H2. The predicted octanol–water partition coefficient (Wildman–Crippen LogP) is 2.94. The Morgan fingerprint density at radius 2 is 2.36 bits per heavy atom. The van der Waals surface area contributed by atoms with E-state index in [1.165, 1.54) is 24.3 Å². The SMILES string of the molecule is Clc1cccc(CSCC2CCN2)c1. The van der Waals surface area contributed by atoms with E-state index in [1.54, 1.807) is 0 Å². The van der Waals surface area contributed by atoms with Crippen molar-refractivity contribution in [3.63, 3.8) is 0 Å². The summed E-state index contributed by atoms with van der Waals surface area (Å²) >= 11 is 7.88. The van der Waals surface area contributed by atoms with Gasteiger partial charge in [0.1, 0.15) is 0 Å². The molecule has 1 saturated heterocycles. The molecule has 1 aliphatic rings. The molecule has 1 fully saturated rings. The van der Waals surface area contributed by atoms with Gasteiger partial charge in [-0.25, -0.2) is 0 Å². The van der Waals surface area contributed by atoms with E-state index < -0.39 is 0 Å². The highest BCUT2D eigenvalue weighted by Crippen LogP contribution is 2.18. The van der Waals surface area contributed by atoms with Crippen LogP contribution in [0.1, 0.15) is 12.0 Å². The topological polar surface area (TPSA) is 12.0 Å². The molecular weight excluding hydrogens is 214 g/mol. The molecule has 0 radical (unpaired) electrons. The van der Waals surface area contributed by atoms with Crippen LogP contribution < -0.4 is 5.32 Å². The average molecular weight is 228 g/mol. The van der Waals surface area contributed by atoms with Gasteiger partial charge in [0, 0.05) is 22.6 Å². The second kappa shape index (κ2) is 5.06. The van der Waals surface area contributed by atoms with Gasteiger partial charge in [-0.05, 0) is 30.7 Å². The summed E-state index contributed by atoms with van der Waals surface area (Å²) in [5.74, 6) is 2.28. The van der Waals surface area contributed by atoms with Crippen LogP contribution in [-0.4, -0.2) is 18.3 Å². The lowest BCUT2D eigenvalue weighted by molar-refractivity contribution is 0.405. The Hall–Kier alpha value is -0.180. The normalized spacial score (nSPS) is 20.5. The molecule has 1 N–H and O–H groups in total. The van der Waals surface area contributed by atoms with Crippen molar-refractivity contribution in [1.82, 2.24) is 5.32 Å². The monoisotopic (exact) mass is 227 g/mol. The molecule has 2 rings (SSSR count). The fraction of sp³-hybridized carbons (Fsp3) is 0.455. The molecule has 1 heterocycles. The van der Waals surface area contributed by atoms with Gasteiger partial charge in [-0.3, -0.25) is 0 Å². The van der Waals surface area contributed by atoms with E-state index in [-0.39, 0.29) is 0 Å². The molecule has 0 bridgehead atoms. The van der Waals surface area contributed by atoms with E-state index in [1.807, 2.05) is 30.0 Å². The summed E-state index contributed by atoms with van der Waals surface area (Å²) in [5, 5.41) is 4.23. The Kier molecular flexibility index (Phi) is 3.74. The van der Waals surface area contributed by atoms with Gasteiger partial charge in [0.2, 0.25) is 0 Å². The second-order valence-electron chi connectivity index (χ2n) is 3.58. The van der Waals surface area contributed by atoms with Crippen LogP contribution in [0.2, 0.25) is 5.02 Å². The maximum atomic E-state index is 5.90. The molecule has 1 aromatic rings. The van der Waals surface area contributed by atoms with Crippen LogP contribution in [-0.2, 0) is 5.75 Å². The van der Waals surface area contributed by atoms with Gasteiger partial charge in [-0.15, -0.1) is 0 Å². The highest BCUT2D eigenvalue weighted by molar-refractivity contribution is 7.98. The zero-order valence-corrected chi connectivity index (χ0v) is 9.57. The van der Waals surface area contributed by atoms with E-state index in [0.717, 1.165) is 16.8 Å². The van der Waals surface area contributed by atoms with Gasteiger partial charge in [0.15, 0.2) is 0 Å². The number of hydrogen-bond acceptors (Lipinski definition) is 2. The average Bonchev–Trinajstić information content (AvgIpc) is 2.09. The molecule has 0 amide bonds. The zero-order valence-electron chi connectivity index (χ0n) is 8.00. The maximum absolute atomic E-state index is 5.90. The maximum Gasteiger partial charge on any atom is 0.0409 e. The van der Waals surface area contributed by atoms with Crippen LogP contribution in [0.15, 0.2) is 24.3 Å².